The van der Waals surface area contributed by atoms with Gasteiger partial charge in [0.15, 0.2) is 0 Å². The second-order valence-electron chi connectivity index (χ2n) is 23.9. The third-order valence-electron chi connectivity index (χ3n) is 16.5. The van der Waals surface area contributed by atoms with Crippen molar-refractivity contribution in [2.45, 2.75) is 411 Å². The number of carbonyl (C=O) groups is 1. The molecule has 0 saturated carbocycles. The molecule has 5 N–H and O–H groups in total. The van der Waals surface area contributed by atoms with Gasteiger partial charge in [0, 0.05) is 0 Å². The average Bonchev–Trinajstić information content (AvgIpc) is 3.41. The Morgan fingerprint density at radius 3 is 0.811 bits per heavy atom. The summed E-state index contributed by atoms with van der Waals surface area (Å²) < 4.78 is 0. The molecule has 4 atom stereocenters. The molecule has 0 aliphatic heterocycles. The third kappa shape index (κ3) is 55.8. The zero-order chi connectivity index (χ0) is 53.7. The van der Waals surface area contributed by atoms with Crippen molar-refractivity contribution in [3.8, 4) is 0 Å². The number of hydrogen-bond acceptors (Lipinski definition) is 5. The number of carbonyl (C=O) groups excluding carboxylic acids is 1. The van der Waals surface area contributed by atoms with E-state index in [1.807, 2.05) is 0 Å². The normalized spacial score (nSPS) is 13.5. The van der Waals surface area contributed by atoms with Crippen LogP contribution in [0.15, 0.2) is 12.2 Å². The van der Waals surface area contributed by atoms with E-state index in [2.05, 4.69) is 31.3 Å². The van der Waals surface area contributed by atoms with Gasteiger partial charge < -0.3 is 25.7 Å². The maximum absolute atomic E-state index is 12.6. The number of nitrogens with one attached hydrogen (secondary N) is 1. The zero-order valence-corrected chi connectivity index (χ0v) is 50.4. The Balaban J connectivity index is 3.49. The predicted octanol–water partition coefficient (Wildman–Crippen LogP) is 20.8. The van der Waals surface area contributed by atoms with Gasteiger partial charge in [-0.05, 0) is 38.5 Å². The first-order chi connectivity index (χ1) is 36.5. The molecule has 442 valence electrons. The summed E-state index contributed by atoms with van der Waals surface area (Å²) in [5.41, 5.74) is 0. The summed E-state index contributed by atoms with van der Waals surface area (Å²) in [4.78, 5) is 12.6. The molecule has 0 aromatic heterocycles. The molecule has 0 aliphatic carbocycles. The van der Waals surface area contributed by atoms with E-state index < -0.39 is 36.9 Å². The molecule has 74 heavy (non-hydrogen) atoms. The van der Waals surface area contributed by atoms with E-state index in [-0.39, 0.29) is 0 Å². The second-order valence-corrected chi connectivity index (χ2v) is 23.9. The van der Waals surface area contributed by atoms with Gasteiger partial charge in [-0.1, -0.05) is 360 Å². The van der Waals surface area contributed by atoms with Crippen LogP contribution in [0.25, 0.3) is 0 Å². The lowest BCUT2D eigenvalue weighted by Gasteiger charge is -2.27. The lowest BCUT2D eigenvalue weighted by atomic mass is 10.00. The van der Waals surface area contributed by atoms with Gasteiger partial charge in [-0.2, -0.15) is 0 Å². The van der Waals surface area contributed by atoms with Crippen molar-refractivity contribution in [1.29, 1.82) is 0 Å². The molecular formula is C68H135NO5. The topological polar surface area (TPSA) is 110 Å². The van der Waals surface area contributed by atoms with E-state index in [9.17, 15) is 25.2 Å². The quantitative estimate of drug-likeness (QED) is 0.0308. The van der Waals surface area contributed by atoms with Crippen LogP contribution in [0.3, 0.4) is 0 Å². The Hall–Kier alpha value is -0.950. The Morgan fingerprint density at radius 2 is 0.554 bits per heavy atom. The van der Waals surface area contributed by atoms with Gasteiger partial charge in [0.1, 0.15) is 12.2 Å². The van der Waals surface area contributed by atoms with E-state index in [1.165, 1.54) is 321 Å². The molecule has 0 spiro atoms. The van der Waals surface area contributed by atoms with Crippen LogP contribution in [0.2, 0.25) is 0 Å². The van der Waals surface area contributed by atoms with E-state index in [0.29, 0.717) is 12.8 Å². The molecule has 0 saturated heterocycles. The lowest BCUT2D eigenvalue weighted by molar-refractivity contribution is -0.132. The molecule has 0 fully saturated rings. The van der Waals surface area contributed by atoms with Gasteiger partial charge in [-0.25, -0.2) is 0 Å². The molecule has 0 aromatic carbocycles. The minimum absolute atomic E-state index is 0.369. The number of unbranched alkanes of at least 4 members (excludes halogenated alkanes) is 53. The van der Waals surface area contributed by atoms with E-state index in [1.54, 1.807) is 0 Å². The molecule has 0 heterocycles. The average molecular weight is 1050 g/mol. The van der Waals surface area contributed by atoms with E-state index >= 15 is 0 Å². The standard InChI is InChI=1S/C68H135NO5/c1-3-5-7-9-11-13-15-17-19-21-23-25-26-27-28-29-30-31-32-33-34-35-36-37-38-39-40-41-42-44-46-48-50-52-54-56-58-60-62-66(72)68(74)69-64(63-70)67(73)65(71)61-59-57-55-53-51-49-47-45-43-24-22-20-18-16-14-12-10-8-6-4-2/h53,55,64-67,70-73H,3-52,54,56-63H2,1-2H3,(H,69,74)/b55-53+. The van der Waals surface area contributed by atoms with Crippen molar-refractivity contribution in [2.24, 2.45) is 0 Å². The highest BCUT2D eigenvalue weighted by molar-refractivity contribution is 5.80. The maximum Gasteiger partial charge on any atom is 0.249 e. The van der Waals surface area contributed by atoms with Crippen molar-refractivity contribution in [3.63, 3.8) is 0 Å². The second kappa shape index (κ2) is 62.9. The number of aliphatic hydroxyl groups excluding tert-OH is 4. The van der Waals surface area contributed by atoms with Crippen LogP contribution in [-0.2, 0) is 4.79 Å². The Morgan fingerprint density at radius 1 is 0.324 bits per heavy atom. The highest BCUT2D eigenvalue weighted by Gasteiger charge is 2.28. The first-order valence-corrected chi connectivity index (χ1v) is 34.1. The number of amides is 1. The molecule has 0 aliphatic rings. The molecule has 0 radical (unpaired) electrons. The summed E-state index contributed by atoms with van der Waals surface area (Å²) >= 11 is 0. The summed E-state index contributed by atoms with van der Waals surface area (Å²) in [5, 5.41) is 44.1. The first-order valence-electron chi connectivity index (χ1n) is 34.1. The van der Waals surface area contributed by atoms with Crippen molar-refractivity contribution in [2.75, 3.05) is 6.61 Å². The lowest BCUT2D eigenvalue weighted by Crippen LogP contribution is -2.53. The maximum atomic E-state index is 12.6. The molecule has 0 bridgehead atoms. The molecule has 0 rings (SSSR count). The minimum Gasteiger partial charge on any atom is -0.394 e. The smallest absolute Gasteiger partial charge is 0.249 e. The largest absolute Gasteiger partial charge is 0.394 e. The Labute approximate surface area is 463 Å². The van der Waals surface area contributed by atoms with Gasteiger partial charge in [0.2, 0.25) is 5.91 Å². The molecule has 0 aromatic rings. The fourth-order valence-electron chi connectivity index (χ4n) is 11.2. The number of rotatable bonds is 64. The van der Waals surface area contributed by atoms with Crippen LogP contribution in [0.1, 0.15) is 386 Å². The van der Waals surface area contributed by atoms with Crippen LogP contribution in [-0.4, -0.2) is 57.3 Å². The molecule has 6 heteroatoms. The summed E-state index contributed by atoms with van der Waals surface area (Å²) in [7, 11) is 0. The molecule has 1 amide bonds. The molecule has 4 unspecified atom stereocenters. The Bertz CT molecular complexity index is 1080. The molecular weight excluding hydrogens is 911 g/mol. The zero-order valence-electron chi connectivity index (χ0n) is 50.4. The summed E-state index contributed by atoms with van der Waals surface area (Å²) in [5.74, 6) is -0.585. The van der Waals surface area contributed by atoms with Crippen molar-refractivity contribution in [3.05, 3.63) is 12.2 Å². The molecule has 6 nitrogen and oxygen atoms in total. The summed E-state index contributed by atoms with van der Waals surface area (Å²) in [6, 6.07) is -1.000. The van der Waals surface area contributed by atoms with Crippen LogP contribution in [0.4, 0.5) is 0 Å². The van der Waals surface area contributed by atoms with Crippen LogP contribution in [0, 0.1) is 0 Å². The van der Waals surface area contributed by atoms with Gasteiger partial charge >= 0.3 is 0 Å². The van der Waals surface area contributed by atoms with Gasteiger partial charge in [0.05, 0.1) is 18.8 Å². The summed E-state index contributed by atoms with van der Waals surface area (Å²) in [6.07, 6.45) is 77.8. The van der Waals surface area contributed by atoms with Gasteiger partial charge in [0.25, 0.3) is 0 Å². The van der Waals surface area contributed by atoms with Crippen molar-refractivity contribution < 1.29 is 25.2 Å². The van der Waals surface area contributed by atoms with Crippen LogP contribution < -0.4 is 5.32 Å². The number of allylic oxidation sites excluding steroid dienone is 2. The number of aliphatic hydroxyl groups is 4. The van der Waals surface area contributed by atoms with Crippen LogP contribution >= 0.6 is 0 Å². The fourth-order valence-corrected chi connectivity index (χ4v) is 11.2. The Kier molecular flexibility index (Phi) is 62.1. The van der Waals surface area contributed by atoms with Gasteiger partial charge in [-0.15, -0.1) is 0 Å². The van der Waals surface area contributed by atoms with E-state index in [4.69, 9.17) is 0 Å². The summed E-state index contributed by atoms with van der Waals surface area (Å²) in [6.45, 7) is 4.10. The fraction of sp³-hybridized carbons (Fsp3) is 0.956. The highest BCUT2D eigenvalue weighted by Crippen LogP contribution is 2.20. The van der Waals surface area contributed by atoms with Gasteiger partial charge in [-0.3, -0.25) is 4.79 Å². The monoisotopic (exact) mass is 1050 g/mol. The van der Waals surface area contributed by atoms with E-state index in [0.717, 1.165) is 38.5 Å². The van der Waals surface area contributed by atoms with Crippen LogP contribution in [0.5, 0.6) is 0 Å². The predicted molar refractivity (Wildman–Crippen MR) is 325 cm³/mol. The van der Waals surface area contributed by atoms with Crippen molar-refractivity contribution in [1.82, 2.24) is 5.32 Å². The third-order valence-corrected chi connectivity index (χ3v) is 16.5. The van der Waals surface area contributed by atoms with Crippen molar-refractivity contribution >= 4 is 5.91 Å². The SMILES string of the molecule is CCCCCCCCCCCCCCCCC/C=C/CCCC(O)C(O)C(CO)NC(=O)C(O)CCCCCCCCCCCCCCCCCCCCCCCCCCCCCCCCCCCCCCCC. The first kappa shape index (κ1) is 73.0. The minimum atomic E-state index is -1.28. The highest BCUT2D eigenvalue weighted by atomic mass is 16.3. The number of hydrogen-bond donors (Lipinski definition) is 5.